The molecule has 0 bridgehead atoms. The molecule has 0 aliphatic carbocycles. The first-order valence-electron chi connectivity index (χ1n) is 5.13. The van der Waals surface area contributed by atoms with Crippen LogP contribution < -0.4 is 5.73 Å². The summed E-state index contributed by atoms with van der Waals surface area (Å²) in [6.07, 6.45) is 0. The van der Waals surface area contributed by atoms with E-state index in [9.17, 15) is 8.60 Å². The predicted octanol–water partition coefficient (Wildman–Crippen LogP) is 2.72. The van der Waals surface area contributed by atoms with Crippen LogP contribution in [-0.2, 0) is 16.6 Å². The van der Waals surface area contributed by atoms with Crippen molar-refractivity contribution in [3.8, 4) is 0 Å². The van der Waals surface area contributed by atoms with Crippen LogP contribution in [0.15, 0.2) is 53.4 Å². The summed E-state index contributed by atoms with van der Waals surface area (Å²) in [7, 11) is -1.23. The fourth-order valence-corrected chi connectivity index (χ4v) is 2.59. The topological polar surface area (TPSA) is 43.1 Å². The largest absolute Gasteiger partial charge is 0.399 e. The molecule has 2 aromatic carbocycles. The summed E-state index contributed by atoms with van der Waals surface area (Å²) in [5.74, 6) is -0.00263. The van der Waals surface area contributed by atoms with E-state index < -0.39 is 10.8 Å². The normalized spacial score (nSPS) is 12.3. The molecule has 1 atom stereocenters. The first-order chi connectivity index (χ1) is 8.15. The van der Waals surface area contributed by atoms with E-state index in [0.29, 0.717) is 16.3 Å². The van der Waals surface area contributed by atoms with E-state index in [2.05, 4.69) is 0 Å². The van der Waals surface area contributed by atoms with E-state index in [-0.39, 0.29) is 5.82 Å². The van der Waals surface area contributed by atoms with Gasteiger partial charge in [-0.15, -0.1) is 0 Å². The van der Waals surface area contributed by atoms with Crippen LogP contribution in [0.25, 0.3) is 0 Å². The third kappa shape index (κ3) is 3.14. The Labute approximate surface area is 102 Å². The molecule has 0 spiro atoms. The lowest BCUT2D eigenvalue weighted by Gasteiger charge is -2.03. The lowest BCUT2D eigenvalue weighted by Crippen LogP contribution is -1.97. The maximum Gasteiger partial charge on any atom is 0.124 e. The van der Waals surface area contributed by atoms with Crippen LogP contribution in [0.1, 0.15) is 5.56 Å². The molecule has 2 nitrogen and oxygen atoms in total. The zero-order valence-electron chi connectivity index (χ0n) is 9.10. The quantitative estimate of drug-likeness (QED) is 0.850. The van der Waals surface area contributed by atoms with Crippen LogP contribution in [0.2, 0.25) is 0 Å². The number of halogens is 1. The molecule has 1 unspecified atom stereocenters. The number of nitrogen functional groups attached to an aromatic ring is 1. The van der Waals surface area contributed by atoms with Gasteiger partial charge < -0.3 is 5.73 Å². The number of benzene rings is 2. The third-order valence-corrected chi connectivity index (χ3v) is 3.71. The third-order valence-electron chi connectivity index (χ3n) is 2.34. The van der Waals surface area contributed by atoms with E-state index in [1.54, 1.807) is 24.3 Å². The fourth-order valence-electron chi connectivity index (χ4n) is 1.46. The number of hydrogen-bond acceptors (Lipinski definition) is 2. The number of rotatable bonds is 3. The van der Waals surface area contributed by atoms with E-state index in [1.807, 2.05) is 12.1 Å². The molecule has 0 saturated carbocycles. The Balaban J connectivity index is 2.14. The highest BCUT2D eigenvalue weighted by atomic mass is 32.2. The SMILES string of the molecule is Nc1ccc(CS(=O)c2cccc(F)c2)cc1. The average molecular weight is 249 g/mol. The zero-order valence-corrected chi connectivity index (χ0v) is 9.91. The Hall–Kier alpha value is -1.68. The Morgan fingerprint density at radius 3 is 2.47 bits per heavy atom. The standard InChI is InChI=1S/C13H12FNOS/c14-11-2-1-3-13(8-11)17(16)9-10-4-6-12(15)7-5-10/h1-8H,9,15H2. The number of hydrogen-bond donors (Lipinski definition) is 1. The maximum atomic E-state index is 13.0. The smallest absolute Gasteiger partial charge is 0.124 e. The predicted molar refractivity (Wildman–Crippen MR) is 67.4 cm³/mol. The molecule has 4 heteroatoms. The van der Waals surface area contributed by atoms with Gasteiger partial charge in [-0.3, -0.25) is 4.21 Å². The Kier molecular flexibility index (Phi) is 3.54. The Morgan fingerprint density at radius 1 is 1.12 bits per heavy atom. The minimum absolute atomic E-state index is 0.365. The summed E-state index contributed by atoms with van der Waals surface area (Å²) in [5, 5.41) is 0. The molecule has 2 rings (SSSR count). The number of anilines is 1. The van der Waals surface area contributed by atoms with Gasteiger partial charge in [0.05, 0.1) is 16.6 Å². The van der Waals surface area contributed by atoms with Crippen molar-refractivity contribution in [3.05, 3.63) is 59.9 Å². The van der Waals surface area contributed by atoms with Gasteiger partial charge in [-0.2, -0.15) is 0 Å². The molecule has 0 aliphatic heterocycles. The van der Waals surface area contributed by atoms with Crippen molar-refractivity contribution in [1.82, 2.24) is 0 Å². The van der Waals surface area contributed by atoms with Gasteiger partial charge in [-0.25, -0.2) is 4.39 Å². The molecule has 0 aliphatic rings. The van der Waals surface area contributed by atoms with E-state index >= 15 is 0 Å². The van der Waals surface area contributed by atoms with Crippen LogP contribution in [-0.4, -0.2) is 4.21 Å². The van der Waals surface area contributed by atoms with Gasteiger partial charge in [0.15, 0.2) is 0 Å². The van der Waals surface area contributed by atoms with Gasteiger partial charge in [0, 0.05) is 10.6 Å². The summed E-state index contributed by atoms with van der Waals surface area (Å²) < 4.78 is 24.9. The lowest BCUT2D eigenvalue weighted by molar-refractivity contribution is 0.622. The van der Waals surface area contributed by atoms with Crippen molar-refractivity contribution >= 4 is 16.5 Å². The van der Waals surface area contributed by atoms with Crippen LogP contribution in [0.3, 0.4) is 0 Å². The molecule has 0 aromatic heterocycles. The first-order valence-corrected chi connectivity index (χ1v) is 6.45. The minimum Gasteiger partial charge on any atom is -0.399 e. The molecule has 0 amide bonds. The molecular formula is C13H12FNOS. The van der Waals surface area contributed by atoms with Crippen LogP contribution in [0, 0.1) is 5.82 Å². The molecule has 0 saturated heterocycles. The number of nitrogens with two attached hydrogens (primary N) is 1. The van der Waals surface area contributed by atoms with Gasteiger partial charge in [-0.05, 0) is 35.9 Å². The monoisotopic (exact) mass is 249 g/mol. The lowest BCUT2D eigenvalue weighted by atomic mass is 10.2. The molecule has 17 heavy (non-hydrogen) atoms. The van der Waals surface area contributed by atoms with Crippen molar-refractivity contribution in [1.29, 1.82) is 0 Å². The van der Waals surface area contributed by atoms with Crippen LogP contribution in [0.5, 0.6) is 0 Å². The maximum absolute atomic E-state index is 13.0. The highest BCUT2D eigenvalue weighted by Crippen LogP contribution is 2.14. The summed E-state index contributed by atoms with van der Waals surface area (Å²) in [5.41, 5.74) is 7.15. The summed E-state index contributed by atoms with van der Waals surface area (Å²) in [6.45, 7) is 0. The molecule has 0 radical (unpaired) electrons. The van der Waals surface area contributed by atoms with Crippen LogP contribution >= 0.6 is 0 Å². The summed E-state index contributed by atoms with van der Waals surface area (Å²) >= 11 is 0. The van der Waals surface area contributed by atoms with Crippen molar-refractivity contribution in [2.45, 2.75) is 10.6 Å². The highest BCUT2D eigenvalue weighted by Gasteiger charge is 2.05. The van der Waals surface area contributed by atoms with Gasteiger partial charge >= 0.3 is 0 Å². The molecule has 2 aromatic rings. The van der Waals surface area contributed by atoms with E-state index in [0.717, 1.165) is 5.56 Å². The molecule has 2 N–H and O–H groups in total. The molecule has 0 fully saturated rings. The Bertz CT molecular complexity index is 539. The first kappa shape index (κ1) is 11.8. The van der Waals surface area contributed by atoms with E-state index in [1.165, 1.54) is 12.1 Å². The van der Waals surface area contributed by atoms with Gasteiger partial charge in [0.1, 0.15) is 5.82 Å². The molecule has 88 valence electrons. The van der Waals surface area contributed by atoms with Crippen molar-refractivity contribution < 1.29 is 8.60 Å². The van der Waals surface area contributed by atoms with E-state index in [4.69, 9.17) is 5.73 Å². The van der Waals surface area contributed by atoms with Gasteiger partial charge in [0.25, 0.3) is 0 Å². The zero-order chi connectivity index (χ0) is 12.3. The van der Waals surface area contributed by atoms with Gasteiger partial charge in [-0.1, -0.05) is 18.2 Å². The summed E-state index contributed by atoms with van der Waals surface area (Å²) in [4.78, 5) is 0.502. The van der Waals surface area contributed by atoms with Crippen molar-refractivity contribution in [2.24, 2.45) is 0 Å². The molecule has 0 heterocycles. The Morgan fingerprint density at radius 2 is 1.82 bits per heavy atom. The van der Waals surface area contributed by atoms with Crippen molar-refractivity contribution in [2.75, 3.05) is 5.73 Å². The van der Waals surface area contributed by atoms with Crippen LogP contribution in [0.4, 0.5) is 10.1 Å². The fraction of sp³-hybridized carbons (Fsp3) is 0.0769. The second-order valence-electron chi connectivity index (χ2n) is 3.69. The highest BCUT2D eigenvalue weighted by molar-refractivity contribution is 7.84. The average Bonchev–Trinajstić information content (AvgIpc) is 2.32. The second-order valence-corrected chi connectivity index (χ2v) is 5.14. The van der Waals surface area contributed by atoms with Gasteiger partial charge in [0.2, 0.25) is 0 Å². The molecular weight excluding hydrogens is 237 g/mol. The second kappa shape index (κ2) is 5.10. The van der Waals surface area contributed by atoms with Crippen molar-refractivity contribution in [3.63, 3.8) is 0 Å². The summed E-state index contributed by atoms with van der Waals surface area (Å²) in [6, 6.07) is 13.0. The minimum atomic E-state index is -1.23.